The Labute approximate surface area is 202 Å². The number of nitrogens with one attached hydrogen (secondary N) is 1. The number of benzene rings is 3. The van der Waals surface area contributed by atoms with Crippen molar-refractivity contribution in [1.29, 1.82) is 0 Å². The van der Waals surface area contributed by atoms with Gasteiger partial charge >= 0.3 is 0 Å². The highest BCUT2D eigenvalue weighted by Gasteiger charge is 2.27. The van der Waals surface area contributed by atoms with Crippen molar-refractivity contribution in [3.8, 4) is 11.5 Å². The lowest BCUT2D eigenvalue weighted by molar-refractivity contribution is -0.116. The van der Waals surface area contributed by atoms with Gasteiger partial charge in [0.15, 0.2) is 0 Å². The van der Waals surface area contributed by atoms with Gasteiger partial charge in [0, 0.05) is 12.6 Å². The Kier molecular flexibility index (Phi) is 8.20. The summed E-state index contributed by atoms with van der Waals surface area (Å²) in [5.74, 6) is 0.364. The Balaban J connectivity index is 1.91. The van der Waals surface area contributed by atoms with Gasteiger partial charge in [-0.05, 0) is 42.0 Å². The molecule has 0 atom stereocenters. The molecule has 0 fully saturated rings. The average molecular weight is 509 g/mol. The normalized spacial score (nSPS) is 11.3. The Morgan fingerprint density at radius 2 is 1.67 bits per heavy atom. The van der Waals surface area contributed by atoms with Crippen molar-refractivity contribution in [2.75, 3.05) is 26.1 Å². The molecule has 0 heterocycles. The molecule has 0 saturated carbocycles. The molecule has 0 bridgehead atoms. The Bertz CT molecular complexity index is 1240. The van der Waals surface area contributed by atoms with Crippen molar-refractivity contribution in [3.05, 3.63) is 82.3 Å². The topological polar surface area (TPSA) is 84.9 Å². The highest BCUT2D eigenvalue weighted by molar-refractivity contribution is 7.89. The molecule has 33 heavy (non-hydrogen) atoms. The minimum atomic E-state index is -4.00. The summed E-state index contributed by atoms with van der Waals surface area (Å²) in [7, 11) is -1.03. The minimum absolute atomic E-state index is 0.0665. The van der Waals surface area contributed by atoms with Crippen LogP contribution in [0.5, 0.6) is 11.5 Å². The summed E-state index contributed by atoms with van der Waals surface area (Å²) in [6, 6.07) is 17.6. The fraction of sp³-hybridized carbons (Fsp3) is 0.174. The van der Waals surface area contributed by atoms with E-state index in [0.717, 1.165) is 4.31 Å². The quantitative estimate of drug-likeness (QED) is 0.446. The molecule has 0 aliphatic carbocycles. The van der Waals surface area contributed by atoms with Gasteiger partial charge in [-0.25, -0.2) is 8.42 Å². The van der Waals surface area contributed by atoms with E-state index in [2.05, 4.69) is 5.32 Å². The number of methoxy groups -OCH3 is 2. The zero-order valence-electron chi connectivity index (χ0n) is 17.9. The smallest absolute Gasteiger partial charge is 0.243 e. The number of hydrogen-bond acceptors (Lipinski definition) is 5. The molecule has 7 nitrogen and oxygen atoms in total. The highest BCUT2D eigenvalue weighted by atomic mass is 35.5. The Morgan fingerprint density at radius 1 is 0.939 bits per heavy atom. The molecule has 3 rings (SSSR count). The van der Waals surface area contributed by atoms with Crippen molar-refractivity contribution in [2.24, 2.45) is 0 Å². The van der Waals surface area contributed by atoms with E-state index in [1.54, 1.807) is 54.6 Å². The van der Waals surface area contributed by atoms with Gasteiger partial charge in [-0.3, -0.25) is 4.79 Å². The molecule has 1 amide bonds. The summed E-state index contributed by atoms with van der Waals surface area (Å²) in [5.41, 5.74) is 0.934. The van der Waals surface area contributed by atoms with Gasteiger partial charge in [-0.2, -0.15) is 4.31 Å². The third-order valence-electron chi connectivity index (χ3n) is 4.72. The van der Waals surface area contributed by atoms with Crippen LogP contribution in [0.4, 0.5) is 5.69 Å². The molecule has 10 heteroatoms. The maximum atomic E-state index is 13.3. The number of carbonyl (C=O) groups is 1. The lowest BCUT2D eigenvalue weighted by atomic mass is 10.2. The molecule has 0 aliphatic rings. The lowest BCUT2D eigenvalue weighted by Gasteiger charge is -2.22. The number of amides is 1. The highest BCUT2D eigenvalue weighted by Crippen LogP contribution is 2.29. The van der Waals surface area contributed by atoms with Crippen LogP contribution in [0.1, 0.15) is 5.56 Å². The molecule has 0 aromatic heterocycles. The molecule has 3 aromatic rings. The second-order valence-corrected chi connectivity index (χ2v) is 9.70. The van der Waals surface area contributed by atoms with E-state index in [1.807, 2.05) is 0 Å². The Morgan fingerprint density at radius 3 is 2.30 bits per heavy atom. The van der Waals surface area contributed by atoms with Crippen LogP contribution in [0, 0.1) is 0 Å². The first kappa shape index (κ1) is 24.9. The summed E-state index contributed by atoms with van der Waals surface area (Å²) < 4.78 is 38.2. The number of rotatable bonds is 9. The Hall–Kier alpha value is -2.78. The molecule has 0 radical (unpaired) electrons. The molecule has 174 valence electrons. The molecule has 0 aliphatic heterocycles. The van der Waals surface area contributed by atoms with Crippen LogP contribution in [0.25, 0.3) is 0 Å². The lowest BCUT2D eigenvalue weighted by Crippen LogP contribution is -2.37. The predicted molar refractivity (Wildman–Crippen MR) is 129 cm³/mol. The predicted octanol–water partition coefficient (Wildman–Crippen LogP) is 4.84. The maximum Gasteiger partial charge on any atom is 0.243 e. The van der Waals surface area contributed by atoms with Crippen molar-refractivity contribution < 1.29 is 22.7 Å². The van der Waals surface area contributed by atoms with Gasteiger partial charge in [-0.1, -0.05) is 47.5 Å². The molecule has 0 unspecified atom stereocenters. The third-order valence-corrected chi connectivity index (χ3v) is 7.27. The minimum Gasteiger partial charge on any atom is -0.497 e. The van der Waals surface area contributed by atoms with Crippen LogP contribution >= 0.6 is 23.2 Å². The van der Waals surface area contributed by atoms with Crippen molar-refractivity contribution in [3.63, 3.8) is 0 Å². The van der Waals surface area contributed by atoms with Crippen LogP contribution in [-0.4, -0.2) is 39.4 Å². The first-order valence-electron chi connectivity index (χ1n) is 9.75. The summed E-state index contributed by atoms with van der Waals surface area (Å²) in [5, 5.41) is 3.34. The van der Waals surface area contributed by atoms with Crippen molar-refractivity contribution >= 4 is 44.8 Å². The number of anilines is 1. The number of ether oxygens (including phenoxy) is 2. The number of carbonyl (C=O) groups excluding carboxylic acids is 1. The number of sulfonamides is 1. The number of hydrogen-bond donors (Lipinski definition) is 1. The summed E-state index contributed by atoms with van der Waals surface area (Å²) in [6.45, 7) is -0.533. The number of nitrogens with zero attached hydrogens (tertiary/aromatic N) is 1. The molecule has 0 saturated heterocycles. The summed E-state index contributed by atoms with van der Waals surface area (Å²) >= 11 is 12.1. The SMILES string of the molecule is COc1ccc(OC)c(NC(=O)CN(Cc2ccc(Cl)c(Cl)c2)S(=O)(=O)c2ccccc2)c1. The van der Waals surface area contributed by atoms with Gasteiger partial charge in [0.2, 0.25) is 15.9 Å². The van der Waals surface area contributed by atoms with Crippen LogP contribution in [0.3, 0.4) is 0 Å². The van der Waals surface area contributed by atoms with Gasteiger partial charge < -0.3 is 14.8 Å². The van der Waals surface area contributed by atoms with Crippen LogP contribution in [0.2, 0.25) is 10.0 Å². The summed E-state index contributed by atoms with van der Waals surface area (Å²) in [4.78, 5) is 13.0. The van der Waals surface area contributed by atoms with Crippen molar-refractivity contribution in [1.82, 2.24) is 4.31 Å². The van der Waals surface area contributed by atoms with Gasteiger partial charge in [0.05, 0.1) is 41.4 Å². The first-order chi connectivity index (χ1) is 15.7. The summed E-state index contributed by atoms with van der Waals surface area (Å²) in [6.07, 6.45) is 0. The third kappa shape index (κ3) is 6.17. The van der Waals surface area contributed by atoms with E-state index >= 15 is 0 Å². The molecular formula is C23H22Cl2N2O5S. The average Bonchev–Trinajstić information content (AvgIpc) is 2.81. The van der Waals surface area contributed by atoms with Gasteiger partial charge in [0.1, 0.15) is 11.5 Å². The maximum absolute atomic E-state index is 13.3. The molecule has 3 aromatic carbocycles. The number of halogens is 2. The molecule has 1 N–H and O–H groups in total. The van der Waals surface area contributed by atoms with E-state index in [1.165, 1.54) is 26.4 Å². The van der Waals surface area contributed by atoms with Crippen molar-refractivity contribution in [2.45, 2.75) is 11.4 Å². The van der Waals surface area contributed by atoms with E-state index in [4.69, 9.17) is 32.7 Å². The van der Waals surface area contributed by atoms with Gasteiger partial charge in [-0.15, -0.1) is 0 Å². The van der Waals surface area contributed by atoms with E-state index < -0.39 is 22.5 Å². The fourth-order valence-electron chi connectivity index (χ4n) is 3.07. The second-order valence-electron chi connectivity index (χ2n) is 6.95. The zero-order valence-corrected chi connectivity index (χ0v) is 20.2. The second kappa shape index (κ2) is 10.9. The van der Waals surface area contributed by atoms with Crippen LogP contribution in [-0.2, 0) is 21.4 Å². The standard InChI is InChI=1S/C23H22Cl2N2O5S/c1-31-17-9-11-22(32-2)21(13-17)26-23(28)15-27(14-16-8-10-19(24)20(25)12-16)33(29,30)18-6-4-3-5-7-18/h3-13H,14-15H2,1-2H3,(H,26,28). The van der Waals surface area contributed by atoms with E-state index in [0.29, 0.717) is 27.8 Å². The van der Waals surface area contributed by atoms with Crippen LogP contribution < -0.4 is 14.8 Å². The van der Waals surface area contributed by atoms with E-state index in [-0.39, 0.29) is 16.5 Å². The monoisotopic (exact) mass is 508 g/mol. The van der Waals surface area contributed by atoms with E-state index in [9.17, 15) is 13.2 Å². The first-order valence-corrected chi connectivity index (χ1v) is 11.9. The zero-order chi connectivity index (χ0) is 24.0. The molecular weight excluding hydrogens is 487 g/mol. The largest absolute Gasteiger partial charge is 0.497 e. The van der Waals surface area contributed by atoms with Gasteiger partial charge in [0.25, 0.3) is 0 Å². The molecule has 0 spiro atoms. The fourth-order valence-corrected chi connectivity index (χ4v) is 4.80. The van der Waals surface area contributed by atoms with Crippen LogP contribution in [0.15, 0.2) is 71.6 Å².